The summed E-state index contributed by atoms with van der Waals surface area (Å²) in [7, 11) is 1.89. The molecule has 144 valence electrons. The standard InChI is InChI=1S/C21H32N4.HI/c1-22-21(24-20-15-19(20)16-7-3-2-4-8-16)23-17-11-13-25(14-12-17)18-9-5-6-10-18;/h2-4,7-8,17-20H,5-6,9-15H2,1H3,(H2,22,23,24);1H. The van der Waals surface area contributed by atoms with Crippen LogP contribution in [0.3, 0.4) is 0 Å². The Morgan fingerprint density at radius 2 is 1.69 bits per heavy atom. The molecular formula is C21H33IN4. The highest BCUT2D eigenvalue weighted by atomic mass is 127. The molecule has 4 nitrogen and oxygen atoms in total. The average Bonchev–Trinajstić information content (AvgIpc) is 3.21. The fourth-order valence-electron chi connectivity index (χ4n) is 4.64. The second-order valence-electron chi connectivity index (χ2n) is 7.97. The van der Waals surface area contributed by atoms with Crippen LogP contribution in [0.2, 0.25) is 0 Å². The molecule has 0 spiro atoms. The number of rotatable bonds is 4. The van der Waals surface area contributed by atoms with Crippen molar-refractivity contribution in [3.8, 4) is 0 Å². The number of benzene rings is 1. The van der Waals surface area contributed by atoms with Crippen LogP contribution in [0.15, 0.2) is 35.3 Å². The Labute approximate surface area is 175 Å². The third-order valence-corrected chi connectivity index (χ3v) is 6.28. The minimum Gasteiger partial charge on any atom is -0.354 e. The molecule has 2 N–H and O–H groups in total. The first-order valence-corrected chi connectivity index (χ1v) is 10.1. The first-order chi connectivity index (χ1) is 12.3. The van der Waals surface area contributed by atoms with E-state index < -0.39 is 0 Å². The van der Waals surface area contributed by atoms with Gasteiger partial charge in [-0.25, -0.2) is 0 Å². The molecule has 26 heavy (non-hydrogen) atoms. The molecule has 0 amide bonds. The zero-order valence-electron chi connectivity index (χ0n) is 15.9. The third kappa shape index (κ3) is 4.91. The van der Waals surface area contributed by atoms with Gasteiger partial charge in [0.25, 0.3) is 0 Å². The highest BCUT2D eigenvalue weighted by Gasteiger charge is 2.39. The Balaban J connectivity index is 0.00000196. The maximum absolute atomic E-state index is 4.47. The molecule has 1 aromatic rings. The summed E-state index contributed by atoms with van der Waals surface area (Å²) in [6, 6.07) is 12.8. The molecule has 2 aliphatic carbocycles. The number of hydrogen-bond acceptors (Lipinski definition) is 2. The molecule has 1 heterocycles. The van der Waals surface area contributed by atoms with Gasteiger partial charge in [0, 0.05) is 44.2 Å². The van der Waals surface area contributed by atoms with E-state index in [-0.39, 0.29) is 24.0 Å². The van der Waals surface area contributed by atoms with Crippen LogP contribution >= 0.6 is 24.0 Å². The van der Waals surface area contributed by atoms with Crippen LogP contribution < -0.4 is 10.6 Å². The number of nitrogens with one attached hydrogen (secondary N) is 2. The van der Waals surface area contributed by atoms with Crippen LogP contribution in [-0.4, -0.2) is 49.1 Å². The number of halogens is 1. The Morgan fingerprint density at radius 3 is 2.35 bits per heavy atom. The Morgan fingerprint density at radius 1 is 1.00 bits per heavy atom. The lowest BCUT2D eigenvalue weighted by Crippen LogP contribution is -2.50. The highest BCUT2D eigenvalue weighted by molar-refractivity contribution is 14.0. The van der Waals surface area contributed by atoms with E-state index in [2.05, 4.69) is 50.9 Å². The second kappa shape index (κ2) is 9.40. The van der Waals surface area contributed by atoms with Crippen LogP contribution in [0.4, 0.5) is 0 Å². The van der Waals surface area contributed by atoms with E-state index in [1.165, 1.54) is 63.6 Å². The first-order valence-electron chi connectivity index (χ1n) is 10.1. The lowest BCUT2D eigenvalue weighted by atomic mass is 10.0. The van der Waals surface area contributed by atoms with E-state index in [9.17, 15) is 0 Å². The molecule has 0 radical (unpaired) electrons. The van der Waals surface area contributed by atoms with Gasteiger partial charge in [0.05, 0.1) is 0 Å². The molecule has 2 saturated carbocycles. The van der Waals surface area contributed by atoms with E-state index in [1.807, 2.05) is 7.05 Å². The molecule has 1 aromatic carbocycles. The predicted octanol–water partition coefficient (Wildman–Crippen LogP) is 3.73. The van der Waals surface area contributed by atoms with Gasteiger partial charge in [0.2, 0.25) is 0 Å². The minimum atomic E-state index is 0. The Bertz CT molecular complexity index is 577. The topological polar surface area (TPSA) is 39.7 Å². The van der Waals surface area contributed by atoms with Crippen molar-refractivity contribution in [2.45, 2.75) is 69.0 Å². The number of guanidine groups is 1. The molecular weight excluding hydrogens is 435 g/mol. The SMILES string of the molecule is CN=C(NC1CCN(C2CCCC2)CC1)NC1CC1c1ccccc1.I. The molecule has 2 unspecified atom stereocenters. The summed E-state index contributed by atoms with van der Waals surface area (Å²) in [5.74, 6) is 1.63. The molecule has 2 atom stereocenters. The molecule has 0 aromatic heterocycles. The third-order valence-electron chi connectivity index (χ3n) is 6.28. The summed E-state index contributed by atoms with van der Waals surface area (Å²) >= 11 is 0. The zero-order chi connectivity index (χ0) is 17.1. The van der Waals surface area contributed by atoms with Gasteiger partial charge < -0.3 is 15.5 Å². The van der Waals surface area contributed by atoms with Gasteiger partial charge in [0.1, 0.15) is 0 Å². The normalized spacial score (nSPS) is 27.8. The molecule has 4 rings (SSSR count). The monoisotopic (exact) mass is 468 g/mol. The van der Waals surface area contributed by atoms with Crippen LogP contribution in [0.1, 0.15) is 56.4 Å². The van der Waals surface area contributed by atoms with Crippen molar-refractivity contribution in [3.63, 3.8) is 0 Å². The summed E-state index contributed by atoms with van der Waals surface area (Å²) in [5, 5.41) is 7.30. The molecule has 5 heteroatoms. The van der Waals surface area contributed by atoms with Crippen LogP contribution in [0.5, 0.6) is 0 Å². The number of likely N-dealkylation sites (tertiary alicyclic amines) is 1. The Hall–Kier alpha value is -0.820. The van der Waals surface area contributed by atoms with Gasteiger partial charge >= 0.3 is 0 Å². The predicted molar refractivity (Wildman–Crippen MR) is 119 cm³/mol. The van der Waals surface area contributed by atoms with Gasteiger partial charge in [-0.15, -0.1) is 24.0 Å². The van der Waals surface area contributed by atoms with Crippen LogP contribution in [0.25, 0.3) is 0 Å². The summed E-state index contributed by atoms with van der Waals surface area (Å²) in [5.41, 5.74) is 1.44. The molecule has 3 fully saturated rings. The summed E-state index contributed by atoms with van der Waals surface area (Å²) in [6.07, 6.45) is 9.40. The van der Waals surface area contributed by atoms with Crippen molar-refractivity contribution in [2.24, 2.45) is 4.99 Å². The summed E-state index contributed by atoms with van der Waals surface area (Å²) in [4.78, 5) is 7.20. The van der Waals surface area contributed by atoms with E-state index in [4.69, 9.17) is 0 Å². The molecule has 0 bridgehead atoms. The number of nitrogens with zero attached hydrogens (tertiary/aromatic N) is 2. The zero-order valence-corrected chi connectivity index (χ0v) is 18.2. The van der Waals surface area contributed by atoms with Crippen LogP contribution in [0, 0.1) is 0 Å². The maximum atomic E-state index is 4.47. The van der Waals surface area contributed by atoms with E-state index in [0.29, 0.717) is 18.0 Å². The fourth-order valence-corrected chi connectivity index (χ4v) is 4.64. The van der Waals surface area contributed by atoms with Gasteiger partial charge in [0.15, 0.2) is 5.96 Å². The van der Waals surface area contributed by atoms with Gasteiger partial charge in [-0.05, 0) is 37.7 Å². The average molecular weight is 468 g/mol. The van der Waals surface area contributed by atoms with Crippen molar-refractivity contribution in [1.29, 1.82) is 0 Å². The van der Waals surface area contributed by atoms with Crippen molar-refractivity contribution in [1.82, 2.24) is 15.5 Å². The minimum absolute atomic E-state index is 0. The van der Waals surface area contributed by atoms with E-state index in [0.717, 1.165) is 12.0 Å². The Kier molecular flexibility index (Phi) is 7.20. The van der Waals surface area contributed by atoms with Crippen LogP contribution in [-0.2, 0) is 0 Å². The molecule has 3 aliphatic rings. The number of aliphatic imine (C=N–C) groups is 1. The van der Waals surface area contributed by atoms with E-state index >= 15 is 0 Å². The van der Waals surface area contributed by atoms with Crippen molar-refractivity contribution < 1.29 is 0 Å². The van der Waals surface area contributed by atoms with Gasteiger partial charge in [-0.2, -0.15) is 0 Å². The fraction of sp³-hybridized carbons (Fsp3) is 0.667. The van der Waals surface area contributed by atoms with Crippen molar-refractivity contribution in [3.05, 3.63) is 35.9 Å². The lowest BCUT2D eigenvalue weighted by Gasteiger charge is -2.36. The highest BCUT2D eigenvalue weighted by Crippen LogP contribution is 2.40. The number of hydrogen-bond donors (Lipinski definition) is 2. The summed E-state index contributed by atoms with van der Waals surface area (Å²) in [6.45, 7) is 2.49. The second-order valence-corrected chi connectivity index (χ2v) is 7.97. The lowest BCUT2D eigenvalue weighted by molar-refractivity contribution is 0.150. The van der Waals surface area contributed by atoms with Crippen molar-refractivity contribution in [2.75, 3.05) is 20.1 Å². The smallest absolute Gasteiger partial charge is 0.191 e. The molecule has 1 aliphatic heterocycles. The van der Waals surface area contributed by atoms with E-state index in [1.54, 1.807) is 0 Å². The van der Waals surface area contributed by atoms with Gasteiger partial charge in [-0.3, -0.25) is 4.99 Å². The van der Waals surface area contributed by atoms with Gasteiger partial charge in [-0.1, -0.05) is 43.2 Å². The first kappa shape index (κ1) is 19.9. The van der Waals surface area contributed by atoms with Crippen molar-refractivity contribution >= 4 is 29.9 Å². The maximum Gasteiger partial charge on any atom is 0.191 e. The largest absolute Gasteiger partial charge is 0.354 e. The quantitative estimate of drug-likeness (QED) is 0.402. The molecule has 1 saturated heterocycles. The summed E-state index contributed by atoms with van der Waals surface area (Å²) < 4.78 is 0. The number of piperidine rings is 1.